The smallest absolute Gasteiger partial charge is 0.355 e. The van der Waals surface area contributed by atoms with Crippen LogP contribution in [0, 0.1) is 13.8 Å². The maximum atomic E-state index is 11.9. The number of benzene rings is 1. The number of nitrogens with one attached hydrogen (secondary N) is 1. The molecule has 0 radical (unpaired) electrons. The maximum absolute atomic E-state index is 11.9. The van der Waals surface area contributed by atoms with Crippen LogP contribution in [-0.2, 0) is 4.74 Å². The van der Waals surface area contributed by atoms with Crippen molar-refractivity contribution in [2.24, 2.45) is 0 Å². The third kappa shape index (κ3) is 1.83. The number of methoxy groups -OCH3 is 1. The highest BCUT2D eigenvalue weighted by Gasteiger charge is 2.19. The zero-order valence-electron chi connectivity index (χ0n) is 11.1. The van der Waals surface area contributed by atoms with Crippen LogP contribution in [0.5, 0.6) is 5.75 Å². The Bertz CT molecular complexity index is 599. The highest BCUT2D eigenvalue weighted by molar-refractivity contribution is 6.01. The predicted octanol–water partition coefficient (Wildman–Crippen LogP) is 2.97. The number of aryl methyl sites for hydroxylation is 2. The first-order valence-electron chi connectivity index (χ1n) is 5.93. The molecule has 0 unspecified atom stereocenters. The number of carbonyl (C=O) groups is 1. The molecule has 2 aromatic rings. The number of hydrogen-bond donors (Lipinski definition) is 1. The van der Waals surface area contributed by atoms with Crippen LogP contribution in [0.2, 0.25) is 0 Å². The second-order valence-electron chi connectivity index (χ2n) is 4.18. The maximum Gasteiger partial charge on any atom is 0.355 e. The largest absolute Gasteiger partial charge is 0.496 e. The normalized spacial score (nSPS) is 10.7. The average Bonchev–Trinajstić information content (AvgIpc) is 2.70. The average molecular weight is 247 g/mol. The van der Waals surface area contributed by atoms with Crippen molar-refractivity contribution in [1.82, 2.24) is 4.98 Å². The van der Waals surface area contributed by atoms with Gasteiger partial charge in [-0.15, -0.1) is 0 Å². The molecule has 0 amide bonds. The molecule has 0 bridgehead atoms. The molecule has 1 aromatic carbocycles. The Balaban J connectivity index is 2.69. The van der Waals surface area contributed by atoms with Gasteiger partial charge in [0.05, 0.1) is 19.2 Å². The first-order valence-corrected chi connectivity index (χ1v) is 5.93. The van der Waals surface area contributed by atoms with Crippen LogP contribution in [0.3, 0.4) is 0 Å². The van der Waals surface area contributed by atoms with Crippen molar-refractivity contribution >= 4 is 16.9 Å². The van der Waals surface area contributed by atoms with Crippen LogP contribution >= 0.6 is 0 Å². The molecule has 1 N–H and O–H groups in total. The Morgan fingerprint density at radius 2 is 2.06 bits per heavy atom. The lowest BCUT2D eigenvalue weighted by molar-refractivity contribution is 0.0520. The summed E-state index contributed by atoms with van der Waals surface area (Å²) in [6.07, 6.45) is 0. The van der Waals surface area contributed by atoms with Gasteiger partial charge < -0.3 is 14.5 Å². The first-order chi connectivity index (χ1) is 8.60. The number of aromatic nitrogens is 1. The van der Waals surface area contributed by atoms with Gasteiger partial charge in [0.2, 0.25) is 0 Å². The predicted molar refractivity (Wildman–Crippen MR) is 70.3 cm³/mol. The molecule has 1 heterocycles. The fourth-order valence-electron chi connectivity index (χ4n) is 2.14. The van der Waals surface area contributed by atoms with Gasteiger partial charge in [0, 0.05) is 5.39 Å². The molecule has 1 aromatic heterocycles. The Morgan fingerprint density at radius 3 is 2.67 bits per heavy atom. The Labute approximate surface area is 106 Å². The molecule has 0 spiro atoms. The van der Waals surface area contributed by atoms with E-state index in [1.807, 2.05) is 26.0 Å². The molecule has 0 aliphatic heterocycles. The molecule has 0 aliphatic carbocycles. The van der Waals surface area contributed by atoms with Gasteiger partial charge in [-0.3, -0.25) is 0 Å². The lowest BCUT2D eigenvalue weighted by atomic mass is 10.1. The molecule has 0 saturated heterocycles. The van der Waals surface area contributed by atoms with E-state index in [9.17, 15) is 4.79 Å². The van der Waals surface area contributed by atoms with Crippen LogP contribution in [0.1, 0.15) is 28.5 Å². The van der Waals surface area contributed by atoms with E-state index in [1.54, 1.807) is 14.0 Å². The second kappa shape index (κ2) is 4.72. The Hall–Kier alpha value is -1.97. The van der Waals surface area contributed by atoms with Crippen molar-refractivity contribution in [3.05, 3.63) is 29.0 Å². The van der Waals surface area contributed by atoms with Crippen molar-refractivity contribution in [1.29, 1.82) is 0 Å². The minimum absolute atomic E-state index is 0.326. The van der Waals surface area contributed by atoms with Gasteiger partial charge >= 0.3 is 5.97 Å². The third-order valence-corrected chi connectivity index (χ3v) is 3.07. The Kier molecular flexibility index (Phi) is 3.28. The van der Waals surface area contributed by atoms with Crippen molar-refractivity contribution in [2.45, 2.75) is 20.8 Å². The van der Waals surface area contributed by atoms with Gasteiger partial charge in [-0.25, -0.2) is 4.79 Å². The van der Waals surface area contributed by atoms with E-state index in [0.717, 1.165) is 27.8 Å². The van der Waals surface area contributed by atoms with E-state index in [0.29, 0.717) is 12.3 Å². The summed E-state index contributed by atoms with van der Waals surface area (Å²) >= 11 is 0. The van der Waals surface area contributed by atoms with Crippen LogP contribution in [0.15, 0.2) is 12.1 Å². The van der Waals surface area contributed by atoms with Gasteiger partial charge in [0.1, 0.15) is 11.4 Å². The van der Waals surface area contributed by atoms with E-state index in [1.165, 1.54) is 0 Å². The molecule has 0 saturated carbocycles. The van der Waals surface area contributed by atoms with Crippen LogP contribution in [-0.4, -0.2) is 24.7 Å². The summed E-state index contributed by atoms with van der Waals surface area (Å²) in [5.74, 6) is 0.438. The summed E-state index contributed by atoms with van der Waals surface area (Å²) < 4.78 is 10.4. The highest BCUT2D eigenvalue weighted by atomic mass is 16.5. The van der Waals surface area contributed by atoms with Crippen molar-refractivity contribution < 1.29 is 14.3 Å². The van der Waals surface area contributed by atoms with Crippen LogP contribution in [0.25, 0.3) is 10.9 Å². The first kappa shape index (κ1) is 12.5. The van der Waals surface area contributed by atoms with Gasteiger partial charge in [-0.2, -0.15) is 0 Å². The molecule has 96 valence electrons. The fourth-order valence-corrected chi connectivity index (χ4v) is 2.14. The molecular weight excluding hydrogens is 230 g/mol. The number of H-pyrrole nitrogens is 1. The van der Waals surface area contributed by atoms with E-state index < -0.39 is 0 Å². The van der Waals surface area contributed by atoms with Gasteiger partial charge in [0.15, 0.2) is 0 Å². The van der Waals surface area contributed by atoms with Gasteiger partial charge in [0.25, 0.3) is 0 Å². The van der Waals surface area contributed by atoms with Crippen molar-refractivity contribution in [2.75, 3.05) is 13.7 Å². The molecule has 0 atom stereocenters. The molecule has 4 heteroatoms. The highest BCUT2D eigenvalue weighted by Crippen LogP contribution is 2.32. The number of aromatic amines is 1. The van der Waals surface area contributed by atoms with E-state index >= 15 is 0 Å². The lowest BCUT2D eigenvalue weighted by Crippen LogP contribution is -2.06. The molecule has 0 aliphatic rings. The number of rotatable bonds is 3. The number of esters is 1. The second-order valence-corrected chi connectivity index (χ2v) is 4.18. The minimum Gasteiger partial charge on any atom is -0.496 e. The minimum atomic E-state index is -0.326. The molecule has 0 fully saturated rings. The molecular formula is C14H17NO3. The van der Waals surface area contributed by atoms with E-state index in [2.05, 4.69) is 4.98 Å². The zero-order valence-corrected chi connectivity index (χ0v) is 11.1. The number of fused-ring (bicyclic) bond motifs is 1. The van der Waals surface area contributed by atoms with Crippen LogP contribution in [0.4, 0.5) is 0 Å². The van der Waals surface area contributed by atoms with Crippen molar-refractivity contribution in [3.8, 4) is 5.75 Å². The Morgan fingerprint density at radius 1 is 1.33 bits per heavy atom. The summed E-state index contributed by atoms with van der Waals surface area (Å²) in [5, 5.41) is 0.945. The fraction of sp³-hybridized carbons (Fsp3) is 0.357. The number of hydrogen-bond acceptors (Lipinski definition) is 3. The molecule has 4 nitrogen and oxygen atoms in total. The SMILES string of the molecule is CCOC(=O)c1[nH]c2c(C)ccc(OC)c2c1C. The lowest BCUT2D eigenvalue weighted by Gasteiger charge is -2.04. The van der Waals surface area contributed by atoms with Gasteiger partial charge in [-0.05, 0) is 38.0 Å². The number of ether oxygens (including phenoxy) is 2. The molecule has 18 heavy (non-hydrogen) atoms. The summed E-state index contributed by atoms with van der Waals surface area (Å²) in [4.78, 5) is 15.0. The third-order valence-electron chi connectivity index (χ3n) is 3.07. The summed E-state index contributed by atoms with van der Waals surface area (Å²) in [5.41, 5.74) is 3.36. The van der Waals surface area contributed by atoms with Crippen LogP contribution < -0.4 is 4.74 Å². The van der Waals surface area contributed by atoms with E-state index in [-0.39, 0.29) is 5.97 Å². The summed E-state index contributed by atoms with van der Waals surface area (Å²) in [6, 6.07) is 3.87. The van der Waals surface area contributed by atoms with Crippen molar-refractivity contribution in [3.63, 3.8) is 0 Å². The number of carbonyl (C=O) groups excluding carboxylic acids is 1. The van der Waals surface area contributed by atoms with E-state index in [4.69, 9.17) is 9.47 Å². The zero-order chi connectivity index (χ0) is 13.3. The monoisotopic (exact) mass is 247 g/mol. The summed E-state index contributed by atoms with van der Waals surface area (Å²) in [7, 11) is 1.63. The van der Waals surface area contributed by atoms with Gasteiger partial charge in [-0.1, -0.05) is 6.07 Å². The standard InChI is InChI=1S/C14H17NO3/c1-5-18-14(16)13-9(3)11-10(17-4)7-6-8(2)12(11)15-13/h6-7,15H,5H2,1-4H3. The molecule has 2 rings (SSSR count). The quantitative estimate of drug-likeness (QED) is 0.848. The summed E-state index contributed by atoms with van der Waals surface area (Å²) in [6.45, 7) is 6.05. The topological polar surface area (TPSA) is 51.3 Å².